The lowest BCUT2D eigenvalue weighted by Gasteiger charge is -2.21. The highest BCUT2D eigenvalue weighted by Crippen LogP contribution is 2.09. The molecule has 0 aromatic carbocycles. The number of pyridine rings is 1. The van der Waals surface area contributed by atoms with E-state index in [1.54, 1.807) is 41.3 Å². The average Bonchev–Trinajstić information content (AvgIpc) is 3.06. The molecule has 134 valence electrons. The molecule has 24 heavy (non-hydrogen) atoms. The predicted octanol–water partition coefficient (Wildman–Crippen LogP) is 2.56. The fourth-order valence-corrected chi connectivity index (χ4v) is 2.06. The first-order valence-corrected chi connectivity index (χ1v) is 7.44. The molecule has 0 spiro atoms. The third-order valence-electron chi connectivity index (χ3n) is 3.76. The zero-order chi connectivity index (χ0) is 16.1. The number of hydrogen-bond donors (Lipinski definition) is 1. The van der Waals surface area contributed by atoms with Crippen molar-refractivity contribution in [2.45, 2.75) is 26.3 Å². The second-order valence-corrected chi connectivity index (χ2v) is 5.80. The molecule has 0 saturated carbocycles. The first-order valence-electron chi connectivity index (χ1n) is 7.44. The van der Waals surface area contributed by atoms with E-state index in [0.29, 0.717) is 18.0 Å². The number of hydrogen-bond acceptors (Lipinski definition) is 4. The van der Waals surface area contributed by atoms with Gasteiger partial charge in [0.2, 0.25) is 0 Å². The normalized spacial score (nSPS) is 11.4. The predicted molar refractivity (Wildman–Crippen MR) is 100 cm³/mol. The Balaban J connectivity index is 0.00000264. The number of carbonyl (C=O) groups is 1. The minimum Gasteiger partial charge on any atom is -0.342 e. The van der Waals surface area contributed by atoms with Crippen molar-refractivity contribution < 1.29 is 4.79 Å². The highest BCUT2D eigenvalue weighted by atomic mass is 35.5. The molecule has 1 atom stereocenters. The molecule has 0 aliphatic heterocycles. The lowest BCUT2D eigenvalue weighted by atomic mass is 10.0. The van der Waals surface area contributed by atoms with Crippen LogP contribution in [0.3, 0.4) is 0 Å². The van der Waals surface area contributed by atoms with Crippen LogP contribution in [-0.4, -0.2) is 45.0 Å². The van der Waals surface area contributed by atoms with E-state index in [-0.39, 0.29) is 36.8 Å². The van der Waals surface area contributed by atoms with Crippen LogP contribution < -0.4 is 5.73 Å². The summed E-state index contributed by atoms with van der Waals surface area (Å²) in [6, 6.07) is 3.70. The standard InChI is InChI=1S/C16H23N5O.2ClH/c1-12(2)14(17)6-8-20(3)16(22)13-4-5-15(19-10-13)21-9-7-18-11-21;;/h4-5,7,9-12,14H,6,8,17H2,1-3H3;2*1H. The molecule has 6 nitrogen and oxygen atoms in total. The summed E-state index contributed by atoms with van der Waals surface area (Å²) in [5, 5.41) is 0. The van der Waals surface area contributed by atoms with E-state index in [1.807, 2.05) is 12.3 Å². The Labute approximate surface area is 155 Å². The van der Waals surface area contributed by atoms with Crippen molar-refractivity contribution in [3.8, 4) is 5.82 Å². The van der Waals surface area contributed by atoms with Gasteiger partial charge >= 0.3 is 0 Å². The van der Waals surface area contributed by atoms with Gasteiger partial charge < -0.3 is 10.6 Å². The van der Waals surface area contributed by atoms with Gasteiger partial charge in [-0.2, -0.15) is 0 Å². The molecule has 0 bridgehead atoms. The molecule has 2 heterocycles. The van der Waals surface area contributed by atoms with E-state index in [4.69, 9.17) is 5.73 Å². The van der Waals surface area contributed by atoms with Crippen molar-refractivity contribution in [1.29, 1.82) is 0 Å². The molecule has 0 aliphatic rings. The molecule has 2 aromatic heterocycles. The third kappa shape index (κ3) is 5.78. The van der Waals surface area contributed by atoms with Crippen LogP contribution in [0.2, 0.25) is 0 Å². The molecule has 0 fully saturated rings. The van der Waals surface area contributed by atoms with Crippen LogP contribution in [0.15, 0.2) is 37.1 Å². The topological polar surface area (TPSA) is 77.0 Å². The molecule has 2 rings (SSSR count). The summed E-state index contributed by atoms with van der Waals surface area (Å²) < 4.78 is 1.79. The Bertz CT molecular complexity index is 601. The van der Waals surface area contributed by atoms with Gasteiger partial charge in [0.1, 0.15) is 12.1 Å². The molecule has 0 radical (unpaired) electrons. The van der Waals surface area contributed by atoms with Crippen molar-refractivity contribution in [2.24, 2.45) is 11.7 Å². The summed E-state index contributed by atoms with van der Waals surface area (Å²) in [6.45, 7) is 4.82. The fourth-order valence-electron chi connectivity index (χ4n) is 2.06. The van der Waals surface area contributed by atoms with Crippen molar-refractivity contribution in [1.82, 2.24) is 19.4 Å². The van der Waals surface area contributed by atoms with Crippen molar-refractivity contribution in [2.75, 3.05) is 13.6 Å². The summed E-state index contributed by atoms with van der Waals surface area (Å²) in [7, 11) is 1.79. The van der Waals surface area contributed by atoms with Gasteiger partial charge in [0.15, 0.2) is 0 Å². The highest BCUT2D eigenvalue weighted by molar-refractivity contribution is 5.93. The van der Waals surface area contributed by atoms with Gasteiger partial charge in [-0.15, -0.1) is 24.8 Å². The second kappa shape index (κ2) is 10.3. The minimum atomic E-state index is -0.0411. The minimum absolute atomic E-state index is 0. The number of carbonyl (C=O) groups excluding carboxylic acids is 1. The Hall–Kier alpha value is -1.63. The molecule has 0 aliphatic carbocycles. The van der Waals surface area contributed by atoms with Crippen molar-refractivity contribution >= 4 is 30.7 Å². The van der Waals surface area contributed by atoms with Gasteiger partial charge in [-0.25, -0.2) is 9.97 Å². The maximum absolute atomic E-state index is 12.4. The number of aromatic nitrogens is 3. The van der Waals surface area contributed by atoms with Gasteiger partial charge in [-0.3, -0.25) is 9.36 Å². The number of halogens is 2. The number of nitrogens with two attached hydrogens (primary N) is 1. The molecular formula is C16H25Cl2N5O. The van der Waals surface area contributed by atoms with Gasteiger partial charge in [-0.05, 0) is 24.5 Å². The number of imidazole rings is 1. The maximum Gasteiger partial charge on any atom is 0.255 e. The Morgan fingerprint density at radius 2 is 2.04 bits per heavy atom. The van der Waals surface area contributed by atoms with Crippen LogP contribution in [0.1, 0.15) is 30.6 Å². The van der Waals surface area contributed by atoms with E-state index in [1.165, 1.54) is 0 Å². The van der Waals surface area contributed by atoms with Gasteiger partial charge in [0.05, 0.1) is 5.56 Å². The zero-order valence-electron chi connectivity index (χ0n) is 14.1. The highest BCUT2D eigenvalue weighted by Gasteiger charge is 2.15. The molecule has 1 amide bonds. The Morgan fingerprint density at radius 1 is 1.33 bits per heavy atom. The summed E-state index contributed by atoms with van der Waals surface area (Å²) in [6.07, 6.45) is 7.55. The Morgan fingerprint density at radius 3 is 2.54 bits per heavy atom. The first kappa shape index (κ1) is 22.4. The first-order chi connectivity index (χ1) is 10.5. The van der Waals surface area contributed by atoms with Crippen molar-refractivity contribution in [3.05, 3.63) is 42.6 Å². The van der Waals surface area contributed by atoms with Gasteiger partial charge in [-0.1, -0.05) is 13.8 Å². The van der Waals surface area contributed by atoms with Crippen molar-refractivity contribution in [3.63, 3.8) is 0 Å². The zero-order valence-corrected chi connectivity index (χ0v) is 15.8. The SMILES string of the molecule is CC(C)C(N)CCN(C)C(=O)c1ccc(-n2ccnc2)nc1.Cl.Cl. The van der Waals surface area contributed by atoms with E-state index in [9.17, 15) is 4.79 Å². The van der Waals surface area contributed by atoms with Crippen LogP contribution >= 0.6 is 24.8 Å². The summed E-state index contributed by atoms with van der Waals surface area (Å²) in [5.41, 5.74) is 6.59. The van der Waals surface area contributed by atoms with Gasteiger partial charge in [0.25, 0.3) is 5.91 Å². The fraction of sp³-hybridized carbons (Fsp3) is 0.438. The lowest BCUT2D eigenvalue weighted by Crippen LogP contribution is -2.34. The Kier molecular flexibility index (Phi) is 9.58. The lowest BCUT2D eigenvalue weighted by molar-refractivity contribution is 0.0789. The van der Waals surface area contributed by atoms with Gasteiger partial charge in [0, 0.05) is 38.2 Å². The van der Waals surface area contributed by atoms with Crippen LogP contribution in [0.25, 0.3) is 5.82 Å². The third-order valence-corrected chi connectivity index (χ3v) is 3.76. The molecule has 2 aromatic rings. The molecule has 8 heteroatoms. The monoisotopic (exact) mass is 373 g/mol. The van der Waals surface area contributed by atoms with E-state index >= 15 is 0 Å². The average molecular weight is 374 g/mol. The summed E-state index contributed by atoms with van der Waals surface area (Å²) in [5.74, 6) is 1.11. The number of rotatable bonds is 6. The van der Waals surface area contributed by atoms with E-state index in [0.717, 1.165) is 12.2 Å². The van der Waals surface area contributed by atoms with Crippen LogP contribution in [0.5, 0.6) is 0 Å². The summed E-state index contributed by atoms with van der Waals surface area (Å²) in [4.78, 5) is 22.3. The molecule has 1 unspecified atom stereocenters. The quantitative estimate of drug-likeness (QED) is 0.843. The van der Waals surface area contributed by atoms with Crippen LogP contribution in [0.4, 0.5) is 0 Å². The van der Waals surface area contributed by atoms with Crippen LogP contribution in [-0.2, 0) is 0 Å². The van der Waals surface area contributed by atoms with Crippen LogP contribution in [0, 0.1) is 5.92 Å². The maximum atomic E-state index is 12.4. The molecule has 0 saturated heterocycles. The molecule has 2 N–H and O–H groups in total. The summed E-state index contributed by atoms with van der Waals surface area (Å²) >= 11 is 0. The second-order valence-electron chi connectivity index (χ2n) is 5.80. The number of nitrogens with zero attached hydrogens (tertiary/aromatic N) is 4. The smallest absolute Gasteiger partial charge is 0.255 e. The largest absolute Gasteiger partial charge is 0.342 e. The number of amides is 1. The molecular weight excluding hydrogens is 349 g/mol. The van der Waals surface area contributed by atoms with E-state index < -0.39 is 0 Å². The van der Waals surface area contributed by atoms with E-state index in [2.05, 4.69) is 23.8 Å².